The molecule has 88 valence electrons. The number of para-hydroxylation sites is 1. The van der Waals surface area contributed by atoms with Gasteiger partial charge in [-0.2, -0.15) is 0 Å². The smallest absolute Gasteiger partial charge is 0.130 e. The zero-order chi connectivity index (χ0) is 12.3. The van der Waals surface area contributed by atoms with Crippen LogP contribution in [0.25, 0.3) is 11.3 Å². The molecule has 0 fully saturated rings. The Morgan fingerprint density at radius 2 is 2.00 bits per heavy atom. The lowest BCUT2D eigenvalue weighted by atomic mass is 10.0. The maximum atomic E-state index is 5.87. The molecule has 1 aromatic heterocycles. The molecule has 0 aliphatic heterocycles. The highest BCUT2D eigenvalue weighted by Gasteiger charge is 2.12. The zero-order valence-electron chi connectivity index (χ0n) is 9.97. The van der Waals surface area contributed by atoms with Crippen LogP contribution >= 0.6 is 0 Å². The van der Waals surface area contributed by atoms with Crippen molar-refractivity contribution in [3.63, 3.8) is 0 Å². The Morgan fingerprint density at radius 3 is 2.71 bits per heavy atom. The van der Waals surface area contributed by atoms with Gasteiger partial charge >= 0.3 is 0 Å². The van der Waals surface area contributed by atoms with E-state index in [4.69, 9.17) is 10.5 Å². The topological polar surface area (TPSA) is 61.0 Å². The third-order valence-corrected chi connectivity index (χ3v) is 2.69. The molecule has 0 saturated carbocycles. The Bertz CT molecular complexity index is 526. The summed E-state index contributed by atoms with van der Waals surface area (Å²) in [5, 5.41) is 0. The highest BCUT2D eigenvalue weighted by molar-refractivity contribution is 5.72. The Hall–Kier alpha value is -2.10. The highest BCUT2D eigenvalue weighted by atomic mass is 16.5. The Labute approximate surface area is 100 Å². The summed E-state index contributed by atoms with van der Waals surface area (Å²) in [4.78, 5) is 8.34. The van der Waals surface area contributed by atoms with Crippen LogP contribution in [-0.2, 0) is 6.42 Å². The van der Waals surface area contributed by atoms with Gasteiger partial charge in [-0.1, -0.05) is 19.1 Å². The first-order chi connectivity index (χ1) is 8.27. The number of hydrogen-bond acceptors (Lipinski definition) is 4. The van der Waals surface area contributed by atoms with E-state index in [2.05, 4.69) is 9.97 Å². The van der Waals surface area contributed by atoms with Crippen molar-refractivity contribution in [1.29, 1.82) is 0 Å². The first-order valence-corrected chi connectivity index (χ1v) is 5.50. The lowest BCUT2D eigenvalue weighted by molar-refractivity contribution is 0.416. The monoisotopic (exact) mass is 229 g/mol. The summed E-state index contributed by atoms with van der Waals surface area (Å²) in [7, 11) is 1.65. The summed E-state index contributed by atoms with van der Waals surface area (Å²) in [6, 6.07) is 7.76. The number of nitrogens with two attached hydrogens (primary N) is 1. The van der Waals surface area contributed by atoms with Crippen molar-refractivity contribution in [2.24, 2.45) is 0 Å². The maximum absolute atomic E-state index is 5.87. The van der Waals surface area contributed by atoms with Crippen LogP contribution in [0.1, 0.15) is 12.5 Å². The molecule has 0 amide bonds. The molecule has 2 N–H and O–H groups in total. The molecular formula is C13H15N3O. The molecule has 0 aliphatic carbocycles. The number of nitrogens with zero attached hydrogens (tertiary/aromatic N) is 2. The standard InChI is InChI=1S/C13H15N3O/c1-3-9-12(15-8-16-13(9)14)10-6-4-5-7-11(10)17-2/h4-8H,3H2,1-2H3,(H2,14,15,16). The molecule has 17 heavy (non-hydrogen) atoms. The summed E-state index contributed by atoms with van der Waals surface area (Å²) in [6.45, 7) is 2.04. The van der Waals surface area contributed by atoms with Crippen molar-refractivity contribution in [3.8, 4) is 17.0 Å². The lowest BCUT2D eigenvalue weighted by Gasteiger charge is -2.11. The molecule has 0 atom stereocenters. The first kappa shape index (κ1) is 11.4. The van der Waals surface area contributed by atoms with Gasteiger partial charge in [0.1, 0.15) is 17.9 Å². The number of nitrogen functional groups attached to an aromatic ring is 1. The Balaban J connectivity index is 2.64. The normalized spacial score (nSPS) is 10.2. The van der Waals surface area contributed by atoms with E-state index < -0.39 is 0 Å². The van der Waals surface area contributed by atoms with Gasteiger partial charge in [-0.25, -0.2) is 9.97 Å². The minimum atomic E-state index is 0.531. The second-order valence-corrected chi connectivity index (χ2v) is 3.64. The molecule has 2 aromatic rings. The van der Waals surface area contributed by atoms with Crippen LogP contribution in [0.15, 0.2) is 30.6 Å². The number of rotatable bonds is 3. The number of methoxy groups -OCH3 is 1. The highest BCUT2D eigenvalue weighted by Crippen LogP contribution is 2.31. The zero-order valence-corrected chi connectivity index (χ0v) is 9.97. The summed E-state index contributed by atoms with van der Waals surface area (Å²) < 4.78 is 5.34. The molecule has 0 saturated heterocycles. The van der Waals surface area contributed by atoms with Gasteiger partial charge in [0.15, 0.2) is 0 Å². The molecule has 1 aromatic carbocycles. The average Bonchev–Trinajstić information content (AvgIpc) is 2.38. The van der Waals surface area contributed by atoms with Crippen molar-refractivity contribution < 1.29 is 4.74 Å². The lowest BCUT2D eigenvalue weighted by Crippen LogP contribution is -2.02. The van der Waals surface area contributed by atoms with Crippen LogP contribution in [0, 0.1) is 0 Å². The quantitative estimate of drug-likeness (QED) is 0.877. The van der Waals surface area contributed by atoms with Gasteiger partial charge in [-0.15, -0.1) is 0 Å². The van der Waals surface area contributed by atoms with Gasteiger partial charge in [0, 0.05) is 11.1 Å². The van der Waals surface area contributed by atoms with Crippen LogP contribution in [0.5, 0.6) is 5.75 Å². The fourth-order valence-corrected chi connectivity index (χ4v) is 1.85. The van der Waals surface area contributed by atoms with Crippen molar-refractivity contribution in [2.75, 3.05) is 12.8 Å². The molecule has 2 rings (SSSR count). The Kier molecular flexibility index (Phi) is 3.23. The van der Waals surface area contributed by atoms with Gasteiger partial charge in [-0.05, 0) is 18.6 Å². The largest absolute Gasteiger partial charge is 0.496 e. The minimum absolute atomic E-state index is 0.531. The first-order valence-electron chi connectivity index (χ1n) is 5.50. The van der Waals surface area contributed by atoms with Crippen LogP contribution in [-0.4, -0.2) is 17.1 Å². The van der Waals surface area contributed by atoms with Gasteiger partial charge < -0.3 is 10.5 Å². The second-order valence-electron chi connectivity index (χ2n) is 3.64. The van der Waals surface area contributed by atoms with Crippen LogP contribution in [0.3, 0.4) is 0 Å². The molecule has 0 bridgehead atoms. The average molecular weight is 229 g/mol. The van der Waals surface area contributed by atoms with E-state index in [0.29, 0.717) is 5.82 Å². The third kappa shape index (κ3) is 2.06. The van der Waals surface area contributed by atoms with E-state index in [9.17, 15) is 0 Å². The van der Waals surface area contributed by atoms with Crippen LogP contribution in [0.2, 0.25) is 0 Å². The molecule has 0 radical (unpaired) electrons. The number of hydrogen-bond donors (Lipinski definition) is 1. The fraction of sp³-hybridized carbons (Fsp3) is 0.231. The number of aromatic nitrogens is 2. The number of benzene rings is 1. The second kappa shape index (κ2) is 4.82. The third-order valence-electron chi connectivity index (χ3n) is 2.69. The van der Waals surface area contributed by atoms with E-state index in [-0.39, 0.29) is 0 Å². The van der Waals surface area contributed by atoms with Crippen molar-refractivity contribution in [1.82, 2.24) is 9.97 Å². The molecule has 0 unspecified atom stereocenters. The van der Waals surface area contributed by atoms with E-state index in [1.165, 1.54) is 6.33 Å². The summed E-state index contributed by atoms with van der Waals surface area (Å²) >= 11 is 0. The predicted molar refractivity (Wildman–Crippen MR) is 67.8 cm³/mol. The molecule has 4 nitrogen and oxygen atoms in total. The predicted octanol–water partition coefficient (Wildman–Crippen LogP) is 2.30. The number of ether oxygens (including phenoxy) is 1. The van der Waals surface area contributed by atoms with Crippen LogP contribution < -0.4 is 10.5 Å². The van der Waals surface area contributed by atoms with E-state index >= 15 is 0 Å². The van der Waals surface area contributed by atoms with E-state index in [1.54, 1.807) is 7.11 Å². The van der Waals surface area contributed by atoms with E-state index in [0.717, 1.165) is 29.0 Å². The molecule has 1 heterocycles. The maximum Gasteiger partial charge on any atom is 0.130 e. The molecule has 0 aliphatic rings. The summed E-state index contributed by atoms with van der Waals surface area (Å²) in [5.74, 6) is 1.32. The van der Waals surface area contributed by atoms with Crippen LogP contribution in [0.4, 0.5) is 5.82 Å². The van der Waals surface area contributed by atoms with Gasteiger partial charge in [0.25, 0.3) is 0 Å². The SMILES string of the molecule is CCc1c(N)ncnc1-c1ccccc1OC. The fourth-order valence-electron chi connectivity index (χ4n) is 1.85. The van der Waals surface area contributed by atoms with Gasteiger partial charge in [0.2, 0.25) is 0 Å². The van der Waals surface area contributed by atoms with Crippen molar-refractivity contribution in [2.45, 2.75) is 13.3 Å². The van der Waals surface area contributed by atoms with Gasteiger partial charge in [-0.3, -0.25) is 0 Å². The number of anilines is 1. The summed E-state index contributed by atoms with van der Waals surface area (Å²) in [6.07, 6.45) is 2.27. The van der Waals surface area contributed by atoms with Gasteiger partial charge in [0.05, 0.1) is 12.8 Å². The minimum Gasteiger partial charge on any atom is -0.496 e. The van der Waals surface area contributed by atoms with Crippen molar-refractivity contribution >= 4 is 5.82 Å². The van der Waals surface area contributed by atoms with Crippen molar-refractivity contribution in [3.05, 3.63) is 36.2 Å². The Morgan fingerprint density at radius 1 is 1.24 bits per heavy atom. The molecular weight excluding hydrogens is 214 g/mol. The molecule has 0 spiro atoms. The molecule has 4 heteroatoms. The summed E-state index contributed by atoms with van der Waals surface area (Å²) in [5.41, 5.74) is 8.61. The van der Waals surface area contributed by atoms with E-state index in [1.807, 2.05) is 31.2 Å².